The van der Waals surface area contributed by atoms with Crippen molar-refractivity contribution in [2.75, 3.05) is 5.32 Å². The molecular formula is C15H12Cl2N2OS. The first-order chi connectivity index (χ1) is 9.97. The van der Waals surface area contributed by atoms with Gasteiger partial charge >= 0.3 is 0 Å². The van der Waals surface area contributed by atoms with Crippen LogP contribution in [-0.2, 0) is 4.79 Å². The van der Waals surface area contributed by atoms with E-state index in [2.05, 4.69) is 5.32 Å². The van der Waals surface area contributed by atoms with Crippen molar-refractivity contribution in [1.29, 1.82) is 0 Å². The lowest BCUT2D eigenvalue weighted by Crippen LogP contribution is -2.31. The third-order valence-electron chi connectivity index (χ3n) is 2.81. The molecule has 0 fully saturated rings. The van der Waals surface area contributed by atoms with Crippen LogP contribution in [0.15, 0.2) is 48.5 Å². The molecule has 0 heterocycles. The molecule has 0 aliphatic heterocycles. The minimum Gasteiger partial charge on any atom is -0.392 e. The maximum absolute atomic E-state index is 12.4. The van der Waals surface area contributed by atoms with E-state index >= 15 is 0 Å². The molecule has 2 aromatic carbocycles. The first-order valence-electron chi connectivity index (χ1n) is 6.08. The quantitative estimate of drug-likeness (QED) is 0.828. The summed E-state index contributed by atoms with van der Waals surface area (Å²) in [6.07, 6.45) is 0. The molecule has 0 aliphatic rings. The van der Waals surface area contributed by atoms with E-state index in [9.17, 15) is 4.79 Å². The van der Waals surface area contributed by atoms with Crippen molar-refractivity contribution in [3.63, 3.8) is 0 Å². The summed E-state index contributed by atoms with van der Waals surface area (Å²) >= 11 is 16.8. The van der Waals surface area contributed by atoms with E-state index in [4.69, 9.17) is 41.2 Å². The molecule has 0 radical (unpaired) electrons. The summed E-state index contributed by atoms with van der Waals surface area (Å²) < 4.78 is 0. The number of hydrogen-bond donors (Lipinski definition) is 2. The van der Waals surface area contributed by atoms with Gasteiger partial charge in [-0.05, 0) is 23.8 Å². The van der Waals surface area contributed by atoms with Gasteiger partial charge in [0.15, 0.2) is 0 Å². The van der Waals surface area contributed by atoms with Gasteiger partial charge in [-0.1, -0.05) is 65.8 Å². The third-order valence-corrected chi connectivity index (χ3v) is 3.48. The first-order valence-corrected chi connectivity index (χ1v) is 7.25. The highest BCUT2D eigenvalue weighted by atomic mass is 35.5. The number of halogens is 2. The summed E-state index contributed by atoms with van der Waals surface area (Å²) in [5.74, 6) is -1.04. The number of amides is 1. The molecule has 0 spiro atoms. The molecule has 1 atom stereocenters. The Hall–Kier alpha value is -1.62. The number of nitrogens with two attached hydrogens (primary N) is 1. The number of carbonyl (C=O) groups excluding carboxylic acids is 1. The molecule has 3 nitrogen and oxygen atoms in total. The first kappa shape index (κ1) is 15.8. The number of hydrogen-bond acceptors (Lipinski definition) is 2. The Labute approximate surface area is 138 Å². The highest BCUT2D eigenvalue weighted by molar-refractivity contribution is 7.80. The van der Waals surface area contributed by atoms with Gasteiger partial charge in [-0.15, -0.1) is 0 Å². The van der Waals surface area contributed by atoms with Crippen LogP contribution in [0.1, 0.15) is 11.5 Å². The standard InChI is InChI=1S/C15H12Cl2N2OS/c16-10-6-11(17)8-12(7-10)19-15(20)13(14(18)21)9-4-2-1-3-5-9/h1-8,13H,(H2,18,21)(H,19,20). The van der Waals surface area contributed by atoms with Gasteiger partial charge in [-0.25, -0.2) is 0 Å². The number of thiocarbonyl (C=S) groups is 1. The zero-order chi connectivity index (χ0) is 15.4. The molecular weight excluding hydrogens is 327 g/mol. The van der Waals surface area contributed by atoms with E-state index < -0.39 is 5.92 Å². The van der Waals surface area contributed by atoms with E-state index in [1.54, 1.807) is 30.3 Å². The van der Waals surface area contributed by atoms with Gasteiger partial charge in [0.25, 0.3) is 0 Å². The van der Waals surface area contributed by atoms with Gasteiger partial charge in [0.2, 0.25) is 5.91 Å². The van der Waals surface area contributed by atoms with Crippen molar-refractivity contribution in [2.45, 2.75) is 5.92 Å². The Morgan fingerprint density at radius 3 is 2.19 bits per heavy atom. The number of anilines is 1. The minimum atomic E-state index is -0.709. The van der Waals surface area contributed by atoms with Crippen molar-refractivity contribution in [3.05, 3.63) is 64.1 Å². The second kappa shape index (κ2) is 6.89. The van der Waals surface area contributed by atoms with E-state index in [0.29, 0.717) is 15.7 Å². The van der Waals surface area contributed by atoms with Crippen molar-refractivity contribution >= 4 is 52.0 Å². The summed E-state index contributed by atoms with van der Waals surface area (Å²) in [7, 11) is 0. The van der Waals surface area contributed by atoms with Crippen LogP contribution >= 0.6 is 35.4 Å². The van der Waals surface area contributed by atoms with Crippen LogP contribution in [0.3, 0.4) is 0 Å². The molecule has 21 heavy (non-hydrogen) atoms. The molecule has 2 aromatic rings. The normalized spacial score (nSPS) is 11.7. The van der Waals surface area contributed by atoms with Crippen LogP contribution in [0.5, 0.6) is 0 Å². The second-order valence-corrected chi connectivity index (χ2v) is 5.74. The number of benzene rings is 2. The van der Waals surface area contributed by atoms with Crippen LogP contribution in [0, 0.1) is 0 Å². The molecule has 108 valence electrons. The Balaban J connectivity index is 2.26. The van der Waals surface area contributed by atoms with Crippen molar-refractivity contribution in [3.8, 4) is 0 Å². The molecule has 3 N–H and O–H groups in total. The summed E-state index contributed by atoms with van der Waals surface area (Å²) in [5, 5.41) is 3.60. The Morgan fingerprint density at radius 1 is 1.10 bits per heavy atom. The lowest BCUT2D eigenvalue weighted by atomic mass is 9.98. The second-order valence-electron chi connectivity index (χ2n) is 4.39. The van der Waals surface area contributed by atoms with E-state index in [0.717, 1.165) is 5.56 Å². The molecule has 2 rings (SSSR count). The summed E-state index contributed by atoms with van der Waals surface area (Å²) in [6.45, 7) is 0. The lowest BCUT2D eigenvalue weighted by Gasteiger charge is -2.16. The van der Waals surface area contributed by atoms with Crippen molar-refractivity contribution < 1.29 is 4.79 Å². The van der Waals surface area contributed by atoms with Gasteiger partial charge in [0.1, 0.15) is 5.92 Å². The third kappa shape index (κ3) is 4.17. The summed E-state index contributed by atoms with van der Waals surface area (Å²) in [5.41, 5.74) is 6.93. The number of rotatable bonds is 4. The van der Waals surface area contributed by atoms with E-state index in [1.807, 2.05) is 18.2 Å². The molecule has 6 heteroatoms. The highest BCUT2D eigenvalue weighted by Gasteiger charge is 2.23. The van der Waals surface area contributed by atoms with Crippen LogP contribution in [0.25, 0.3) is 0 Å². The Morgan fingerprint density at radius 2 is 1.67 bits per heavy atom. The average molecular weight is 339 g/mol. The summed E-state index contributed by atoms with van der Waals surface area (Å²) in [6, 6.07) is 13.9. The fourth-order valence-electron chi connectivity index (χ4n) is 1.93. The van der Waals surface area contributed by atoms with Crippen molar-refractivity contribution in [1.82, 2.24) is 0 Å². The zero-order valence-corrected chi connectivity index (χ0v) is 13.2. The molecule has 1 unspecified atom stereocenters. The molecule has 0 saturated heterocycles. The van der Waals surface area contributed by atoms with Gasteiger partial charge in [0.05, 0.1) is 4.99 Å². The lowest BCUT2D eigenvalue weighted by molar-refractivity contribution is -0.116. The van der Waals surface area contributed by atoms with Gasteiger partial charge < -0.3 is 11.1 Å². The molecule has 0 bridgehead atoms. The molecule has 0 aliphatic carbocycles. The Bertz CT molecular complexity index is 656. The minimum absolute atomic E-state index is 0.104. The van der Waals surface area contributed by atoms with E-state index in [-0.39, 0.29) is 10.9 Å². The number of carbonyl (C=O) groups is 1. The topological polar surface area (TPSA) is 55.1 Å². The molecule has 1 amide bonds. The SMILES string of the molecule is NC(=S)C(C(=O)Nc1cc(Cl)cc(Cl)c1)c1ccccc1. The molecule has 0 saturated carbocycles. The number of nitrogens with one attached hydrogen (secondary N) is 1. The fraction of sp³-hybridized carbons (Fsp3) is 0.0667. The van der Waals surface area contributed by atoms with Crippen molar-refractivity contribution in [2.24, 2.45) is 5.73 Å². The Kier molecular flexibility index (Phi) is 5.17. The van der Waals surface area contributed by atoms with Gasteiger partial charge in [-0.3, -0.25) is 4.79 Å². The smallest absolute Gasteiger partial charge is 0.238 e. The molecule has 0 aromatic heterocycles. The van der Waals surface area contributed by atoms with Crippen LogP contribution in [-0.4, -0.2) is 10.9 Å². The maximum atomic E-state index is 12.4. The van der Waals surface area contributed by atoms with Crippen LogP contribution in [0.4, 0.5) is 5.69 Å². The van der Waals surface area contributed by atoms with E-state index in [1.165, 1.54) is 0 Å². The van der Waals surface area contributed by atoms with Gasteiger partial charge in [0, 0.05) is 15.7 Å². The average Bonchev–Trinajstić information content (AvgIpc) is 2.38. The zero-order valence-electron chi connectivity index (χ0n) is 10.8. The van der Waals surface area contributed by atoms with Gasteiger partial charge in [-0.2, -0.15) is 0 Å². The van der Waals surface area contributed by atoms with Crippen LogP contribution in [0.2, 0.25) is 10.0 Å². The highest BCUT2D eigenvalue weighted by Crippen LogP contribution is 2.24. The largest absolute Gasteiger partial charge is 0.392 e. The fourth-order valence-corrected chi connectivity index (χ4v) is 2.70. The maximum Gasteiger partial charge on any atom is 0.238 e. The predicted octanol–water partition coefficient (Wildman–Crippen LogP) is 4.00. The monoisotopic (exact) mass is 338 g/mol. The van der Waals surface area contributed by atoms with Crippen LogP contribution < -0.4 is 11.1 Å². The predicted molar refractivity (Wildman–Crippen MR) is 91.1 cm³/mol. The summed E-state index contributed by atoms with van der Waals surface area (Å²) in [4.78, 5) is 12.5.